The van der Waals surface area contributed by atoms with Crippen LogP contribution in [0.4, 0.5) is 5.13 Å². The fourth-order valence-electron chi connectivity index (χ4n) is 4.33. The second-order valence-corrected chi connectivity index (χ2v) is 9.19. The van der Waals surface area contributed by atoms with Gasteiger partial charge in [-0.3, -0.25) is 9.69 Å². The molecule has 0 bridgehead atoms. The van der Waals surface area contributed by atoms with Gasteiger partial charge in [0.25, 0.3) is 5.91 Å². The average Bonchev–Trinajstić information content (AvgIpc) is 3.09. The average molecular weight is 401 g/mol. The van der Waals surface area contributed by atoms with E-state index < -0.39 is 0 Å². The van der Waals surface area contributed by atoms with Crippen molar-refractivity contribution in [2.75, 3.05) is 24.5 Å². The van der Waals surface area contributed by atoms with Gasteiger partial charge >= 0.3 is 0 Å². The van der Waals surface area contributed by atoms with Gasteiger partial charge < -0.3 is 9.64 Å². The number of nitrogens with zero attached hydrogens (tertiary/aromatic N) is 2. The van der Waals surface area contributed by atoms with Crippen LogP contribution in [-0.2, 0) is 28.9 Å². The highest BCUT2D eigenvalue weighted by atomic mass is 32.1. The molecule has 0 radical (unpaired) electrons. The molecule has 6 heteroatoms. The Morgan fingerprint density at radius 1 is 1.18 bits per heavy atom. The van der Waals surface area contributed by atoms with Gasteiger partial charge in [0.2, 0.25) is 0 Å². The number of carbonyl (C=O) groups excluding carboxylic acids is 1. The maximum Gasteiger partial charge on any atom is 0.284 e. The lowest BCUT2D eigenvalue weighted by Crippen LogP contribution is -3.16. The topological polar surface area (TPSA) is 46.9 Å². The summed E-state index contributed by atoms with van der Waals surface area (Å²) < 4.78 is 5.84. The molecule has 0 unspecified atom stereocenters. The second-order valence-electron chi connectivity index (χ2n) is 8.13. The summed E-state index contributed by atoms with van der Waals surface area (Å²) in [5, 5.41) is 0.870. The number of benzene rings is 1. The highest BCUT2D eigenvalue weighted by Crippen LogP contribution is 2.32. The molecule has 1 fully saturated rings. The van der Waals surface area contributed by atoms with Gasteiger partial charge in [-0.1, -0.05) is 30.3 Å². The van der Waals surface area contributed by atoms with E-state index in [4.69, 9.17) is 9.72 Å². The Morgan fingerprint density at radius 2 is 1.89 bits per heavy atom. The Morgan fingerprint density at radius 3 is 2.61 bits per heavy atom. The first-order chi connectivity index (χ1) is 13.6. The smallest absolute Gasteiger partial charge is 0.284 e. The van der Waals surface area contributed by atoms with Gasteiger partial charge in [-0.05, 0) is 45.1 Å². The van der Waals surface area contributed by atoms with Crippen molar-refractivity contribution in [3.05, 3.63) is 46.5 Å². The van der Waals surface area contributed by atoms with Crippen molar-refractivity contribution in [2.45, 2.75) is 58.3 Å². The van der Waals surface area contributed by atoms with Crippen LogP contribution < -0.4 is 9.80 Å². The third-order valence-electron chi connectivity index (χ3n) is 5.57. The summed E-state index contributed by atoms with van der Waals surface area (Å²) in [6.07, 6.45) is 4.97. The predicted molar refractivity (Wildman–Crippen MR) is 112 cm³/mol. The first kappa shape index (κ1) is 19.6. The molecular weight excluding hydrogens is 370 g/mol. The monoisotopic (exact) mass is 400 g/mol. The SMILES string of the molecule is C[C@H]1C[NH+](CC(=O)N(Cc2ccccc2)c2nc3c(s2)CCCC3)C[C@H](C)O1. The van der Waals surface area contributed by atoms with E-state index >= 15 is 0 Å². The third kappa shape index (κ3) is 4.62. The summed E-state index contributed by atoms with van der Waals surface area (Å²) in [5.41, 5.74) is 2.35. The number of nitrogens with one attached hydrogen (secondary N) is 1. The molecule has 2 atom stereocenters. The van der Waals surface area contributed by atoms with Gasteiger partial charge in [-0.15, -0.1) is 11.3 Å². The lowest BCUT2D eigenvalue weighted by molar-refractivity contribution is -0.907. The summed E-state index contributed by atoms with van der Waals surface area (Å²) in [6, 6.07) is 10.2. The highest BCUT2D eigenvalue weighted by molar-refractivity contribution is 7.15. The zero-order chi connectivity index (χ0) is 19.5. The number of quaternary nitrogens is 1. The summed E-state index contributed by atoms with van der Waals surface area (Å²) >= 11 is 1.71. The number of carbonyl (C=O) groups is 1. The number of rotatable bonds is 5. The van der Waals surface area contributed by atoms with E-state index in [0.717, 1.165) is 36.6 Å². The summed E-state index contributed by atoms with van der Waals surface area (Å²) in [6.45, 7) is 7.02. The van der Waals surface area contributed by atoms with Crippen LogP contribution in [0.2, 0.25) is 0 Å². The molecule has 1 aromatic carbocycles. The van der Waals surface area contributed by atoms with Gasteiger partial charge in [0.1, 0.15) is 25.3 Å². The van der Waals surface area contributed by atoms with Crippen molar-refractivity contribution in [2.24, 2.45) is 0 Å². The van der Waals surface area contributed by atoms with Gasteiger partial charge in [0, 0.05) is 4.88 Å². The van der Waals surface area contributed by atoms with Crippen LogP contribution in [0.1, 0.15) is 42.8 Å². The molecule has 5 nitrogen and oxygen atoms in total. The van der Waals surface area contributed by atoms with E-state index in [9.17, 15) is 4.79 Å². The Kier molecular flexibility index (Phi) is 6.09. The molecule has 4 rings (SSSR count). The molecule has 2 heterocycles. The number of anilines is 1. The van der Waals surface area contributed by atoms with Gasteiger partial charge in [0.05, 0.1) is 12.2 Å². The van der Waals surface area contributed by atoms with Crippen molar-refractivity contribution in [3.8, 4) is 0 Å². The quantitative estimate of drug-likeness (QED) is 0.837. The molecule has 1 amide bonds. The molecule has 1 aromatic heterocycles. The fourth-order valence-corrected chi connectivity index (χ4v) is 5.49. The number of fused-ring (bicyclic) bond motifs is 1. The van der Waals surface area contributed by atoms with Crippen LogP contribution in [0.3, 0.4) is 0 Å². The minimum Gasteiger partial charge on any atom is -0.364 e. The van der Waals surface area contributed by atoms with E-state index in [1.54, 1.807) is 11.3 Å². The predicted octanol–water partition coefficient (Wildman–Crippen LogP) is 2.25. The number of morpholine rings is 1. The van der Waals surface area contributed by atoms with E-state index in [1.165, 1.54) is 28.3 Å². The molecule has 1 saturated heterocycles. The number of hydrogen-bond donors (Lipinski definition) is 1. The minimum absolute atomic E-state index is 0.159. The van der Waals surface area contributed by atoms with Crippen LogP contribution in [0, 0.1) is 0 Å². The zero-order valence-corrected chi connectivity index (χ0v) is 17.6. The second kappa shape index (κ2) is 8.72. The molecular formula is C22H30N3O2S+. The van der Waals surface area contributed by atoms with Crippen molar-refractivity contribution in [1.82, 2.24) is 4.98 Å². The van der Waals surface area contributed by atoms with Crippen LogP contribution in [-0.4, -0.2) is 42.7 Å². The van der Waals surface area contributed by atoms with Gasteiger partial charge in [0.15, 0.2) is 11.7 Å². The number of ether oxygens (including phenoxy) is 1. The van der Waals surface area contributed by atoms with E-state index in [1.807, 2.05) is 23.1 Å². The number of thiazole rings is 1. The van der Waals surface area contributed by atoms with Crippen LogP contribution >= 0.6 is 11.3 Å². The summed E-state index contributed by atoms with van der Waals surface area (Å²) in [5.74, 6) is 0.159. The fraction of sp³-hybridized carbons (Fsp3) is 0.545. The van der Waals surface area contributed by atoms with Crippen LogP contribution in [0.25, 0.3) is 0 Å². The lowest BCUT2D eigenvalue weighted by atomic mass is 10.0. The first-order valence-corrected chi connectivity index (χ1v) is 11.2. The summed E-state index contributed by atoms with van der Waals surface area (Å²) in [7, 11) is 0. The maximum absolute atomic E-state index is 13.4. The zero-order valence-electron chi connectivity index (χ0n) is 16.8. The Balaban J connectivity index is 1.55. The highest BCUT2D eigenvalue weighted by Gasteiger charge is 2.31. The Bertz CT molecular complexity index is 774. The molecule has 0 spiro atoms. The Labute approximate surface area is 171 Å². The molecule has 1 aliphatic heterocycles. The van der Waals surface area contributed by atoms with Gasteiger partial charge in [-0.25, -0.2) is 4.98 Å². The molecule has 2 aromatic rings. The lowest BCUT2D eigenvalue weighted by Gasteiger charge is -2.33. The molecule has 2 aliphatic rings. The molecule has 0 saturated carbocycles. The number of aromatic nitrogens is 1. The standard InChI is InChI=1S/C22H29N3O2S/c1-16-12-24(13-17(2)27-16)15-21(26)25(14-18-8-4-3-5-9-18)22-23-19-10-6-7-11-20(19)28-22/h3-5,8-9,16-17H,6-7,10-15H2,1-2H3/p+1/t16-,17-/m0/s1. The third-order valence-corrected chi connectivity index (χ3v) is 6.75. The maximum atomic E-state index is 13.4. The van der Waals surface area contributed by atoms with Crippen LogP contribution in [0.5, 0.6) is 0 Å². The molecule has 28 heavy (non-hydrogen) atoms. The minimum atomic E-state index is 0.159. The van der Waals surface area contributed by atoms with Crippen molar-refractivity contribution >= 4 is 22.4 Å². The molecule has 1 aliphatic carbocycles. The molecule has 150 valence electrons. The number of hydrogen-bond acceptors (Lipinski definition) is 4. The summed E-state index contributed by atoms with van der Waals surface area (Å²) in [4.78, 5) is 22.8. The molecule has 1 N–H and O–H groups in total. The largest absolute Gasteiger partial charge is 0.364 e. The van der Waals surface area contributed by atoms with Crippen LogP contribution in [0.15, 0.2) is 30.3 Å². The first-order valence-electron chi connectivity index (χ1n) is 10.4. The number of amides is 1. The normalized spacial score (nSPS) is 24.6. The Hall–Kier alpha value is -1.76. The van der Waals surface area contributed by atoms with Crippen molar-refractivity contribution in [1.29, 1.82) is 0 Å². The van der Waals surface area contributed by atoms with Crippen molar-refractivity contribution < 1.29 is 14.4 Å². The van der Waals surface area contributed by atoms with E-state index in [2.05, 4.69) is 26.0 Å². The van der Waals surface area contributed by atoms with Gasteiger partial charge in [-0.2, -0.15) is 0 Å². The van der Waals surface area contributed by atoms with E-state index in [-0.39, 0.29) is 18.1 Å². The van der Waals surface area contributed by atoms with E-state index in [0.29, 0.717) is 13.1 Å². The number of aryl methyl sites for hydroxylation is 2. The van der Waals surface area contributed by atoms with Crippen molar-refractivity contribution in [3.63, 3.8) is 0 Å².